The zero-order valence-electron chi connectivity index (χ0n) is 33.8. The van der Waals surface area contributed by atoms with Crippen LogP contribution in [0.5, 0.6) is 0 Å². The van der Waals surface area contributed by atoms with Crippen molar-refractivity contribution in [3.63, 3.8) is 0 Å². The maximum atomic E-state index is 5.63. The zero-order chi connectivity index (χ0) is 41.2. The van der Waals surface area contributed by atoms with Gasteiger partial charge in [-0.2, -0.15) is 0 Å². The maximum Gasteiger partial charge on any atom is 0.235 e. The van der Waals surface area contributed by atoms with E-state index >= 15 is 0 Å². The fourth-order valence-electron chi connectivity index (χ4n) is 10.3. The van der Waals surface area contributed by atoms with Crippen molar-refractivity contribution in [3.8, 4) is 34.0 Å². The lowest BCUT2D eigenvalue weighted by Crippen LogP contribution is -2.03. The topological polar surface area (TPSA) is 35.6 Å². The highest BCUT2D eigenvalue weighted by atomic mass is 32.1. The highest BCUT2D eigenvalue weighted by molar-refractivity contribution is 7.26. The second-order valence-corrected chi connectivity index (χ2v) is 17.6. The molecule has 292 valence electrons. The van der Waals surface area contributed by atoms with Crippen LogP contribution in [0, 0.1) is 0 Å². The Bertz CT molecular complexity index is 4210. The van der Waals surface area contributed by atoms with E-state index in [4.69, 9.17) is 9.97 Å². The van der Waals surface area contributed by atoms with Gasteiger partial charge in [0.15, 0.2) is 0 Å². The summed E-state index contributed by atoms with van der Waals surface area (Å²) >= 11 is 1.85. The van der Waals surface area contributed by atoms with E-state index in [9.17, 15) is 0 Å². The minimum atomic E-state index is 0.655. The third-order valence-corrected chi connectivity index (χ3v) is 14.2. The Kier molecular flexibility index (Phi) is 7.24. The minimum Gasteiger partial charge on any atom is -0.309 e. The molecule has 0 aliphatic carbocycles. The number of hydrogen-bond acceptors (Lipinski definition) is 3. The van der Waals surface area contributed by atoms with E-state index < -0.39 is 0 Å². The summed E-state index contributed by atoms with van der Waals surface area (Å²) in [7, 11) is 0. The van der Waals surface area contributed by atoms with Gasteiger partial charge in [0, 0.05) is 58.4 Å². The van der Waals surface area contributed by atoms with Gasteiger partial charge in [-0.1, -0.05) is 140 Å². The Morgan fingerprint density at radius 2 is 0.968 bits per heavy atom. The molecule has 0 saturated heterocycles. The first-order chi connectivity index (χ1) is 31.2. The van der Waals surface area contributed by atoms with Gasteiger partial charge in [0.1, 0.15) is 0 Å². The van der Waals surface area contributed by atoms with E-state index in [1.54, 1.807) is 0 Å². The molecule has 0 atom stereocenters. The molecule has 14 aromatic rings. The molecule has 0 fully saturated rings. The number of fused-ring (bicyclic) bond motifs is 14. The van der Waals surface area contributed by atoms with Gasteiger partial charge in [-0.3, -0.25) is 4.57 Å². The fraction of sp³-hybridized carbons (Fsp3) is 0. The summed E-state index contributed by atoms with van der Waals surface area (Å²) in [6.07, 6.45) is 0. The monoisotopic (exact) mass is 818 g/mol. The summed E-state index contributed by atoms with van der Waals surface area (Å²) in [5, 5.41) is 13.3. The summed E-state index contributed by atoms with van der Waals surface area (Å²) in [6.45, 7) is 0. The van der Waals surface area contributed by atoms with Crippen LogP contribution in [-0.4, -0.2) is 19.1 Å². The summed E-state index contributed by atoms with van der Waals surface area (Å²) in [5.74, 6) is 0.655. The molecular formula is C58H34N4S. The largest absolute Gasteiger partial charge is 0.309 e. The van der Waals surface area contributed by atoms with Crippen LogP contribution in [0.2, 0.25) is 0 Å². The van der Waals surface area contributed by atoms with Gasteiger partial charge in [-0.15, -0.1) is 11.3 Å². The molecule has 4 aromatic heterocycles. The molecule has 0 radical (unpaired) electrons. The molecule has 0 aliphatic rings. The lowest BCUT2D eigenvalue weighted by Gasteiger charge is -2.14. The van der Waals surface area contributed by atoms with Gasteiger partial charge in [-0.05, 0) is 99.4 Å². The first kappa shape index (κ1) is 34.6. The molecule has 0 N–H and O–H groups in total. The second kappa shape index (κ2) is 13.2. The van der Waals surface area contributed by atoms with E-state index in [1.807, 2.05) is 11.3 Å². The Hall–Kier alpha value is -8.12. The number of thiophene rings is 1. The Morgan fingerprint density at radius 1 is 0.349 bits per heavy atom. The van der Waals surface area contributed by atoms with Crippen LogP contribution in [0.1, 0.15) is 0 Å². The Morgan fingerprint density at radius 3 is 1.81 bits per heavy atom. The van der Waals surface area contributed by atoms with Crippen molar-refractivity contribution in [2.24, 2.45) is 0 Å². The number of para-hydroxylation sites is 3. The molecule has 4 nitrogen and oxygen atoms in total. The smallest absolute Gasteiger partial charge is 0.235 e. The third-order valence-electron chi connectivity index (χ3n) is 13.1. The molecule has 14 rings (SSSR count). The Balaban J connectivity index is 1.02. The van der Waals surface area contributed by atoms with Crippen molar-refractivity contribution >= 4 is 108 Å². The summed E-state index contributed by atoms with van der Waals surface area (Å²) in [4.78, 5) is 11.0. The standard InChI is InChI=1S/C58H34N4S/c1-2-15-38(16-3-1)61-49-24-12-9-19-41(49)45-32-36(27-29-50(45)61)37-28-30-51-47(33-37)55-39-17-5-4-14-35(39)26-31-52(55)62(51)58-59-48-23-11-8-21-43(48)57(60-58)46-34-54-56(42-20-7-6-18-40(42)46)44-22-10-13-25-53(44)63-54/h1-34H. The SMILES string of the molecule is c1ccc(-n2c3ccccc3c3cc(-c4ccc5c(c4)c4c6ccccc6ccc4n5-c4nc(-c5cc6sc7ccccc7c6c6ccccc56)c5ccccc5n4)ccc32)cc1. The van der Waals surface area contributed by atoms with Crippen LogP contribution in [0.3, 0.4) is 0 Å². The molecule has 0 saturated carbocycles. The van der Waals surface area contributed by atoms with Gasteiger partial charge in [0.05, 0.1) is 33.3 Å². The van der Waals surface area contributed by atoms with E-state index in [-0.39, 0.29) is 0 Å². The number of hydrogen-bond donors (Lipinski definition) is 0. The third kappa shape index (κ3) is 5.03. The molecule has 63 heavy (non-hydrogen) atoms. The maximum absolute atomic E-state index is 5.63. The lowest BCUT2D eigenvalue weighted by molar-refractivity contribution is 1.01. The number of rotatable bonds is 4. The number of benzene rings is 10. The first-order valence-electron chi connectivity index (χ1n) is 21.4. The summed E-state index contributed by atoms with van der Waals surface area (Å²) in [6, 6.07) is 74.8. The quantitative estimate of drug-likeness (QED) is 0.177. The molecule has 10 aromatic carbocycles. The number of aromatic nitrogens is 4. The van der Waals surface area contributed by atoms with E-state index in [0.717, 1.165) is 44.4 Å². The molecule has 0 aliphatic heterocycles. The van der Waals surface area contributed by atoms with Crippen molar-refractivity contribution < 1.29 is 0 Å². The fourth-order valence-corrected chi connectivity index (χ4v) is 11.5. The average molecular weight is 819 g/mol. The van der Waals surface area contributed by atoms with Gasteiger partial charge in [0.25, 0.3) is 0 Å². The molecule has 0 bridgehead atoms. The minimum absolute atomic E-state index is 0.655. The van der Waals surface area contributed by atoms with Crippen LogP contribution in [0.25, 0.3) is 130 Å². The highest BCUT2D eigenvalue weighted by Crippen LogP contribution is 2.45. The first-order valence-corrected chi connectivity index (χ1v) is 22.2. The molecule has 5 heteroatoms. The van der Waals surface area contributed by atoms with Gasteiger partial charge in [-0.25, -0.2) is 9.97 Å². The van der Waals surface area contributed by atoms with Gasteiger partial charge < -0.3 is 4.57 Å². The summed E-state index contributed by atoms with van der Waals surface area (Å²) < 4.78 is 7.21. The Labute approximate surface area is 365 Å². The molecular weight excluding hydrogens is 785 g/mol. The van der Waals surface area contributed by atoms with E-state index in [2.05, 4.69) is 215 Å². The van der Waals surface area contributed by atoms with Crippen LogP contribution in [0.4, 0.5) is 0 Å². The van der Waals surface area contributed by atoms with Crippen LogP contribution < -0.4 is 0 Å². The zero-order valence-corrected chi connectivity index (χ0v) is 34.6. The van der Waals surface area contributed by atoms with Crippen molar-refractivity contribution in [2.75, 3.05) is 0 Å². The van der Waals surface area contributed by atoms with Crippen LogP contribution in [-0.2, 0) is 0 Å². The second-order valence-electron chi connectivity index (χ2n) is 16.5. The summed E-state index contributed by atoms with van der Waals surface area (Å²) in [5.41, 5.74) is 11.0. The molecule has 0 amide bonds. The van der Waals surface area contributed by atoms with Crippen molar-refractivity contribution in [1.29, 1.82) is 0 Å². The normalized spacial score (nSPS) is 12.1. The van der Waals surface area contributed by atoms with Crippen LogP contribution >= 0.6 is 11.3 Å². The van der Waals surface area contributed by atoms with E-state index in [0.29, 0.717) is 5.95 Å². The average Bonchev–Trinajstić information content (AvgIpc) is 4.01. The van der Waals surface area contributed by atoms with Gasteiger partial charge in [0.2, 0.25) is 5.95 Å². The molecule has 0 spiro atoms. The predicted octanol–water partition coefficient (Wildman–Crippen LogP) is 15.8. The van der Waals surface area contributed by atoms with Crippen molar-refractivity contribution in [3.05, 3.63) is 206 Å². The highest BCUT2D eigenvalue weighted by Gasteiger charge is 2.22. The molecule has 4 heterocycles. The van der Waals surface area contributed by atoms with Crippen molar-refractivity contribution in [2.45, 2.75) is 0 Å². The molecule has 0 unspecified atom stereocenters. The lowest BCUT2D eigenvalue weighted by atomic mass is 9.96. The number of nitrogens with zero attached hydrogens (tertiary/aromatic N) is 4. The van der Waals surface area contributed by atoms with Crippen LogP contribution in [0.15, 0.2) is 206 Å². The van der Waals surface area contributed by atoms with E-state index in [1.165, 1.54) is 79.9 Å². The van der Waals surface area contributed by atoms with Gasteiger partial charge >= 0.3 is 0 Å². The van der Waals surface area contributed by atoms with Crippen molar-refractivity contribution in [1.82, 2.24) is 19.1 Å². The predicted molar refractivity (Wildman–Crippen MR) is 267 cm³/mol.